The predicted octanol–water partition coefficient (Wildman–Crippen LogP) is 5.51. The van der Waals surface area contributed by atoms with Crippen molar-refractivity contribution < 1.29 is 9.90 Å². The summed E-state index contributed by atoms with van der Waals surface area (Å²) in [5.41, 5.74) is 0. The number of carboxylic acid groups (broad SMARTS) is 1. The summed E-state index contributed by atoms with van der Waals surface area (Å²) >= 11 is 2.11. The fourth-order valence-electron chi connectivity index (χ4n) is 3.27. The first-order valence-corrected chi connectivity index (χ1v) is 10.1. The van der Waals surface area contributed by atoms with Crippen LogP contribution in [-0.2, 0) is 4.79 Å². The van der Waals surface area contributed by atoms with Crippen molar-refractivity contribution >= 4 is 17.7 Å². The lowest BCUT2D eigenvalue weighted by Gasteiger charge is -2.19. The fraction of sp³-hybridized carbons (Fsp3) is 0.842. The molecule has 1 N–H and O–H groups in total. The molecule has 0 aliphatic heterocycles. The molecule has 126 valence electrons. The molecule has 1 rings (SSSR count). The Labute approximate surface area is 140 Å². The second-order valence-corrected chi connectivity index (χ2v) is 7.71. The van der Waals surface area contributed by atoms with Crippen LogP contribution >= 0.6 is 11.8 Å². The Kier molecular flexibility index (Phi) is 11.4. The quantitative estimate of drug-likeness (QED) is 0.402. The van der Waals surface area contributed by atoms with Crippen LogP contribution in [0, 0.1) is 17.8 Å². The Morgan fingerprint density at radius 1 is 1.14 bits per heavy atom. The Bertz CT molecular complexity index is 356. The maximum atomic E-state index is 10.3. The average molecular weight is 325 g/mol. The van der Waals surface area contributed by atoms with E-state index < -0.39 is 5.97 Å². The molecule has 0 aromatic heterocycles. The van der Waals surface area contributed by atoms with E-state index in [1.54, 1.807) is 0 Å². The highest BCUT2D eigenvalue weighted by atomic mass is 32.2. The van der Waals surface area contributed by atoms with Crippen molar-refractivity contribution in [3.8, 4) is 11.8 Å². The molecule has 0 unspecified atom stereocenters. The third-order valence-corrected chi connectivity index (χ3v) is 6.06. The van der Waals surface area contributed by atoms with E-state index in [2.05, 4.69) is 30.5 Å². The number of carbonyl (C=O) groups is 1. The monoisotopic (exact) mass is 324 g/mol. The number of thioether (sulfide) groups is 1. The van der Waals surface area contributed by atoms with Crippen molar-refractivity contribution in [1.82, 2.24) is 0 Å². The summed E-state index contributed by atoms with van der Waals surface area (Å²) in [6, 6.07) is 0. The number of aliphatic carboxylic acids is 1. The first-order valence-electron chi connectivity index (χ1n) is 9.07. The Morgan fingerprint density at radius 2 is 1.91 bits per heavy atom. The molecule has 1 fully saturated rings. The highest BCUT2D eigenvalue weighted by molar-refractivity contribution is 7.99. The SMILES string of the molecule is CCCCCCCC[C@H]1CCC[C@@H]1SCCCC#CC(=O)O. The van der Waals surface area contributed by atoms with Crippen molar-refractivity contribution in [3.63, 3.8) is 0 Å². The van der Waals surface area contributed by atoms with E-state index >= 15 is 0 Å². The fourth-order valence-corrected chi connectivity index (χ4v) is 4.76. The van der Waals surface area contributed by atoms with Gasteiger partial charge in [0.15, 0.2) is 0 Å². The molecule has 0 aromatic rings. The molecule has 2 nitrogen and oxygen atoms in total. The van der Waals surface area contributed by atoms with E-state index in [1.165, 1.54) is 64.2 Å². The van der Waals surface area contributed by atoms with Crippen LogP contribution < -0.4 is 0 Å². The van der Waals surface area contributed by atoms with Gasteiger partial charge in [0.05, 0.1) is 0 Å². The van der Waals surface area contributed by atoms with Gasteiger partial charge in [0, 0.05) is 17.6 Å². The van der Waals surface area contributed by atoms with Crippen LogP contribution in [0.1, 0.15) is 84.0 Å². The molecular formula is C19H32O2S. The molecule has 0 spiro atoms. The number of unbranched alkanes of at least 4 members (excludes halogenated alkanes) is 6. The van der Waals surface area contributed by atoms with Crippen molar-refractivity contribution in [2.24, 2.45) is 5.92 Å². The van der Waals surface area contributed by atoms with Gasteiger partial charge in [-0.25, -0.2) is 4.79 Å². The minimum Gasteiger partial charge on any atom is -0.472 e. The molecule has 1 aliphatic carbocycles. The van der Waals surface area contributed by atoms with E-state index in [0.29, 0.717) is 6.42 Å². The van der Waals surface area contributed by atoms with E-state index in [1.807, 2.05) is 0 Å². The molecule has 0 aromatic carbocycles. The zero-order valence-electron chi connectivity index (χ0n) is 14.1. The van der Waals surface area contributed by atoms with Crippen LogP contribution in [0.15, 0.2) is 0 Å². The van der Waals surface area contributed by atoms with Crippen LogP contribution in [0.25, 0.3) is 0 Å². The van der Waals surface area contributed by atoms with Gasteiger partial charge in [0.25, 0.3) is 0 Å². The molecule has 0 saturated heterocycles. The van der Waals surface area contributed by atoms with Crippen LogP contribution in [0.3, 0.4) is 0 Å². The molecule has 0 heterocycles. The predicted molar refractivity (Wildman–Crippen MR) is 96.2 cm³/mol. The zero-order valence-corrected chi connectivity index (χ0v) is 14.9. The lowest BCUT2D eigenvalue weighted by atomic mass is 9.99. The minimum absolute atomic E-state index is 0.716. The second kappa shape index (κ2) is 12.9. The van der Waals surface area contributed by atoms with E-state index in [9.17, 15) is 4.79 Å². The highest BCUT2D eigenvalue weighted by Gasteiger charge is 2.26. The topological polar surface area (TPSA) is 37.3 Å². The summed E-state index contributed by atoms with van der Waals surface area (Å²) in [5, 5.41) is 9.30. The number of rotatable bonds is 11. The zero-order chi connectivity index (χ0) is 16.0. The maximum absolute atomic E-state index is 10.3. The van der Waals surface area contributed by atoms with Gasteiger partial charge >= 0.3 is 5.97 Å². The van der Waals surface area contributed by atoms with Crippen LogP contribution in [-0.4, -0.2) is 22.1 Å². The first kappa shape index (κ1) is 19.4. The number of hydrogen-bond acceptors (Lipinski definition) is 2. The van der Waals surface area contributed by atoms with Crippen LogP contribution in [0.2, 0.25) is 0 Å². The number of carboxylic acids is 1. The van der Waals surface area contributed by atoms with Gasteiger partial charge < -0.3 is 5.11 Å². The van der Waals surface area contributed by atoms with E-state index in [4.69, 9.17) is 5.11 Å². The average Bonchev–Trinajstić information content (AvgIpc) is 2.93. The minimum atomic E-state index is -1.01. The van der Waals surface area contributed by atoms with Gasteiger partial charge in [0.1, 0.15) is 0 Å². The van der Waals surface area contributed by atoms with Crippen molar-refractivity contribution in [2.75, 3.05) is 5.75 Å². The third kappa shape index (κ3) is 9.41. The molecule has 1 aliphatic rings. The van der Waals surface area contributed by atoms with Crippen molar-refractivity contribution in [3.05, 3.63) is 0 Å². The van der Waals surface area contributed by atoms with Gasteiger partial charge in [-0.2, -0.15) is 11.8 Å². The normalized spacial score (nSPS) is 20.6. The molecule has 2 atom stereocenters. The van der Waals surface area contributed by atoms with Crippen LogP contribution in [0.5, 0.6) is 0 Å². The van der Waals surface area contributed by atoms with Gasteiger partial charge in [-0.1, -0.05) is 57.8 Å². The number of hydrogen-bond donors (Lipinski definition) is 1. The first-order chi connectivity index (χ1) is 10.7. The molecule has 1 saturated carbocycles. The van der Waals surface area contributed by atoms with Gasteiger partial charge in [-0.05, 0) is 37.4 Å². The third-order valence-electron chi connectivity index (χ3n) is 4.49. The largest absolute Gasteiger partial charge is 0.472 e. The smallest absolute Gasteiger partial charge is 0.381 e. The summed E-state index contributed by atoms with van der Waals surface area (Å²) in [7, 11) is 0. The molecule has 0 amide bonds. The van der Waals surface area contributed by atoms with E-state index in [0.717, 1.165) is 23.3 Å². The molecule has 22 heavy (non-hydrogen) atoms. The standard InChI is InChI=1S/C19H32O2S/c1-2-3-4-5-6-8-12-17-13-11-14-18(17)22-16-10-7-9-15-19(20)21/h17-18H,2-8,10-14,16H2,1H3,(H,20,21)/t17-,18-/m0/s1. The van der Waals surface area contributed by atoms with Crippen LogP contribution in [0.4, 0.5) is 0 Å². The molecule has 3 heteroatoms. The highest BCUT2D eigenvalue weighted by Crippen LogP contribution is 2.38. The lowest BCUT2D eigenvalue weighted by Crippen LogP contribution is -2.10. The summed E-state index contributed by atoms with van der Waals surface area (Å²) < 4.78 is 0. The van der Waals surface area contributed by atoms with Gasteiger partial charge in [0.2, 0.25) is 0 Å². The summed E-state index contributed by atoms with van der Waals surface area (Å²) in [6.07, 6.45) is 15.7. The molecule has 0 bridgehead atoms. The Balaban J connectivity index is 2.05. The summed E-state index contributed by atoms with van der Waals surface area (Å²) in [6.45, 7) is 2.27. The van der Waals surface area contributed by atoms with Gasteiger partial charge in [-0.15, -0.1) is 0 Å². The molecular weight excluding hydrogens is 292 g/mol. The summed E-state index contributed by atoms with van der Waals surface area (Å²) in [4.78, 5) is 10.3. The maximum Gasteiger partial charge on any atom is 0.381 e. The Morgan fingerprint density at radius 3 is 2.68 bits per heavy atom. The lowest BCUT2D eigenvalue weighted by molar-refractivity contribution is -0.130. The summed E-state index contributed by atoms with van der Waals surface area (Å²) in [5.74, 6) is 5.96. The van der Waals surface area contributed by atoms with Gasteiger partial charge in [-0.3, -0.25) is 0 Å². The second-order valence-electron chi connectivity index (χ2n) is 6.37. The molecule has 0 radical (unpaired) electrons. The Hall–Kier alpha value is -0.620. The van der Waals surface area contributed by atoms with Crippen molar-refractivity contribution in [2.45, 2.75) is 89.2 Å². The van der Waals surface area contributed by atoms with Crippen molar-refractivity contribution in [1.29, 1.82) is 0 Å². The van der Waals surface area contributed by atoms with E-state index in [-0.39, 0.29) is 0 Å².